The number of amides is 2. The Morgan fingerprint density at radius 1 is 1.14 bits per heavy atom. The van der Waals surface area contributed by atoms with Crippen molar-refractivity contribution in [3.63, 3.8) is 0 Å². The number of pyridine rings is 3. The van der Waals surface area contributed by atoms with E-state index in [0.717, 1.165) is 24.8 Å². The number of nitrogens with two attached hydrogens (primary N) is 1. The van der Waals surface area contributed by atoms with E-state index in [0.29, 0.717) is 34.6 Å². The summed E-state index contributed by atoms with van der Waals surface area (Å²) in [5.74, 6) is -1.26. The van der Waals surface area contributed by atoms with Gasteiger partial charge in [0.05, 0.1) is 41.7 Å². The maximum absolute atomic E-state index is 13.4. The van der Waals surface area contributed by atoms with Crippen molar-refractivity contribution in [2.45, 2.75) is 45.5 Å². The molecule has 1 aliphatic rings. The van der Waals surface area contributed by atoms with Gasteiger partial charge in [0.25, 0.3) is 0 Å². The lowest BCUT2D eigenvalue weighted by Gasteiger charge is -2.22. The van der Waals surface area contributed by atoms with Crippen molar-refractivity contribution >= 4 is 34.2 Å². The first-order valence-corrected chi connectivity index (χ1v) is 12.1. The molecule has 37 heavy (non-hydrogen) atoms. The smallest absolute Gasteiger partial charge is 0.314 e. The third-order valence-corrected chi connectivity index (χ3v) is 6.31. The third-order valence-electron chi connectivity index (χ3n) is 6.31. The Balaban J connectivity index is 1.40. The van der Waals surface area contributed by atoms with Crippen LogP contribution in [0, 0.1) is 6.92 Å². The molecule has 1 unspecified atom stereocenters. The summed E-state index contributed by atoms with van der Waals surface area (Å²) in [7, 11) is 0. The quantitative estimate of drug-likeness (QED) is 0.385. The van der Waals surface area contributed by atoms with E-state index >= 15 is 0 Å². The summed E-state index contributed by atoms with van der Waals surface area (Å²) >= 11 is 0. The van der Waals surface area contributed by atoms with Crippen LogP contribution >= 0.6 is 0 Å². The molecule has 5 heterocycles. The molecule has 1 fully saturated rings. The predicted molar refractivity (Wildman–Crippen MR) is 137 cm³/mol. The highest BCUT2D eigenvalue weighted by molar-refractivity contribution is 6.40. The van der Waals surface area contributed by atoms with E-state index in [-0.39, 0.29) is 25.1 Å². The topological polar surface area (TPSA) is 141 Å². The molecule has 1 atom stereocenters. The Hall–Kier alpha value is -4.38. The van der Waals surface area contributed by atoms with Gasteiger partial charge in [-0.15, -0.1) is 0 Å². The molecule has 0 saturated carbocycles. The number of nitrogens with zero attached hydrogens (tertiary/aromatic N) is 6. The Morgan fingerprint density at radius 3 is 2.76 bits per heavy atom. The van der Waals surface area contributed by atoms with Gasteiger partial charge in [0.1, 0.15) is 17.6 Å². The Bertz CT molecular complexity index is 1420. The van der Waals surface area contributed by atoms with Gasteiger partial charge >= 0.3 is 11.8 Å². The number of carbonyl (C=O) groups is 2. The second-order valence-electron chi connectivity index (χ2n) is 8.95. The molecule has 11 nitrogen and oxygen atoms in total. The van der Waals surface area contributed by atoms with Gasteiger partial charge < -0.3 is 20.7 Å². The molecule has 0 bridgehead atoms. The molecular weight excluding hydrogens is 472 g/mol. The van der Waals surface area contributed by atoms with Crippen LogP contribution in [0.3, 0.4) is 0 Å². The minimum absolute atomic E-state index is 0.145. The summed E-state index contributed by atoms with van der Waals surface area (Å²) < 4.78 is 7.53. The van der Waals surface area contributed by atoms with E-state index in [9.17, 15) is 9.59 Å². The van der Waals surface area contributed by atoms with Gasteiger partial charge in [-0.2, -0.15) is 5.10 Å². The van der Waals surface area contributed by atoms with Crippen LogP contribution in [0.1, 0.15) is 42.4 Å². The minimum atomic E-state index is -0.819. The first-order valence-electron chi connectivity index (χ1n) is 12.1. The van der Waals surface area contributed by atoms with Crippen molar-refractivity contribution in [2.75, 3.05) is 17.7 Å². The van der Waals surface area contributed by atoms with Gasteiger partial charge in [0.2, 0.25) is 0 Å². The highest BCUT2D eigenvalue weighted by Gasteiger charge is 2.26. The van der Waals surface area contributed by atoms with Crippen molar-refractivity contribution in [3.8, 4) is 0 Å². The maximum Gasteiger partial charge on any atom is 0.314 e. The van der Waals surface area contributed by atoms with Gasteiger partial charge in [-0.05, 0) is 49.9 Å². The summed E-state index contributed by atoms with van der Waals surface area (Å²) in [4.78, 5) is 40.9. The fraction of sp³-hybridized carbons (Fsp3) is 0.308. The monoisotopic (exact) mass is 500 g/mol. The summed E-state index contributed by atoms with van der Waals surface area (Å²) in [6.45, 7) is 2.87. The average Bonchev–Trinajstić information content (AvgIpc) is 3.39. The van der Waals surface area contributed by atoms with Gasteiger partial charge in [0.15, 0.2) is 0 Å². The summed E-state index contributed by atoms with van der Waals surface area (Å²) in [6, 6.07) is 9.17. The standard InChI is InChI=1S/C26H28N8O3/c1-17-7-6-11-29-21(17)16-33(14-18-8-2-4-10-28-18)26(36)25(35)31-20-13-30-24(27)19-15-34(32-23(19)20)22-9-3-5-12-37-22/h2,4,6-8,10-11,13,15,22H,3,5,9,12,14,16H2,1H3,(H2,27,30)(H,31,35). The summed E-state index contributed by atoms with van der Waals surface area (Å²) in [5, 5.41) is 7.88. The second-order valence-corrected chi connectivity index (χ2v) is 8.95. The first kappa shape index (κ1) is 24.3. The second kappa shape index (κ2) is 10.7. The number of nitrogens with one attached hydrogen (secondary N) is 1. The molecule has 4 aromatic rings. The van der Waals surface area contributed by atoms with Crippen LogP contribution in [0.2, 0.25) is 0 Å². The van der Waals surface area contributed by atoms with Crippen LogP contribution in [0.4, 0.5) is 11.5 Å². The van der Waals surface area contributed by atoms with Crippen LogP contribution in [0.25, 0.3) is 10.9 Å². The number of fused-ring (bicyclic) bond motifs is 1. The lowest BCUT2D eigenvalue weighted by atomic mass is 10.2. The van der Waals surface area contributed by atoms with E-state index in [1.807, 2.05) is 25.1 Å². The number of hydrogen-bond donors (Lipinski definition) is 2. The number of anilines is 2. The number of carbonyl (C=O) groups excluding carboxylic acids is 2. The van der Waals surface area contributed by atoms with Crippen molar-refractivity contribution in [1.29, 1.82) is 0 Å². The molecule has 2 amide bonds. The molecular formula is C26H28N8O3. The molecule has 0 spiro atoms. The van der Waals surface area contributed by atoms with Crippen LogP contribution in [0.5, 0.6) is 0 Å². The zero-order chi connectivity index (χ0) is 25.8. The van der Waals surface area contributed by atoms with Crippen LogP contribution < -0.4 is 11.1 Å². The Kier molecular flexibility index (Phi) is 7.04. The first-order chi connectivity index (χ1) is 18.0. The predicted octanol–water partition coefficient (Wildman–Crippen LogP) is 2.98. The van der Waals surface area contributed by atoms with Gasteiger partial charge in [-0.3, -0.25) is 19.6 Å². The molecule has 4 aromatic heterocycles. The molecule has 1 aliphatic heterocycles. The highest BCUT2D eigenvalue weighted by Crippen LogP contribution is 2.29. The zero-order valence-corrected chi connectivity index (χ0v) is 20.5. The molecule has 0 aromatic carbocycles. The molecule has 5 rings (SSSR count). The summed E-state index contributed by atoms with van der Waals surface area (Å²) in [5.41, 5.74) is 9.09. The zero-order valence-electron chi connectivity index (χ0n) is 20.5. The van der Waals surface area contributed by atoms with Gasteiger partial charge in [-0.1, -0.05) is 12.1 Å². The fourth-order valence-corrected chi connectivity index (χ4v) is 4.28. The number of rotatable bonds is 6. The van der Waals surface area contributed by atoms with E-state index in [2.05, 4.69) is 25.4 Å². The van der Waals surface area contributed by atoms with E-state index in [1.165, 1.54) is 11.1 Å². The molecule has 1 saturated heterocycles. The van der Waals surface area contributed by atoms with Crippen molar-refractivity contribution < 1.29 is 14.3 Å². The van der Waals surface area contributed by atoms with Crippen molar-refractivity contribution in [3.05, 3.63) is 72.1 Å². The fourth-order valence-electron chi connectivity index (χ4n) is 4.28. The average molecular weight is 501 g/mol. The normalized spacial score (nSPS) is 15.4. The lowest BCUT2D eigenvalue weighted by molar-refractivity contribution is -0.144. The number of nitrogen functional groups attached to an aromatic ring is 1. The SMILES string of the molecule is Cc1cccnc1CN(Cc1ccccn1)C(=O)C(=O)Nc1cnc(N)c2cn(C3CCCCO3)nc12. The number of aryl methyl sites for hydroxylation is 1. The van der Waals surface area contributed by atoms with Gasteiger partial charge in [-0.25, -0.2) is 9.67 Å². The van der Waals surface area contributed by atoms with Crippen molar-refractivity contribution in [2.24, 2.45) is 0 Å². The molecule has 3 N–H and O–H groups in total. The maximum atomic E-state index is 13.4. The molecule has 0 radical (unpaired) electrons. The Morgan fingerprint density at radius 2 is 2.00 bits per heavy atom. The highest BCUT2D eigenvalue weighted by atomic mass is 16.5. The molecule has 190 valence electrons. The van der Waals surface area contributed by atoms with Crippen molar-refractivity contribution in [1.82, 2.24) is 29.6 Å². The van der Waals surface area contributed by atoms with Gasteiger partial charge in [0, 0.05) is 25.2 Å². The minimum Gasteiger partial charge on any atom is -0.383 e. The Labute approximate surface area is 213 Å². The van der Waals surface area contributed by atoms with Crippen LogP contribution in [-0.2, 0) is 27.4 Å². The van der Waals surface area contributed by atoms with Crippen LogP contribution in [-0.4, -0.2) is 48.1 Å². The molecule has 0 aliphatic carbocycles. The third kappa shape index (κ3) is 5.41. The molecule has 11 heteroatoms. The number of ether oxygens (including phenoxy) is 1. The largest absolute Gasteiger partial charge is 0.383 e. The van der Waals surface area contributed by atoms with Crippen LogP contribution in [0.15, 0.2) is 55.1 Å². The van der Waals surface area contributed by atoms with E-state index < -0.39 is 11.8 Å². The van der Waals surface area contributed by atoms with E-state index in [1.54, 1.807) is 35.4 Å². The lowest BCUT2D eigenvalue weighted by Crippen LogP contribution is -2.39. The summed E-state index contributed by atoms with van der Waals surface area (Å²) in [6.07, 6.45) is 9.16. The van der Waals surface area contributed by atoms with E-state index in [4.69, 9.17) is 10.5 Å². The number of aromatic nitrogens is 5. The number of hydrogen-bond acceptors (Lipinski definition) is 8.